The van der Waals surface area contributed by atoms with Gasteiger partial charge in [0.05, 0.1) is 6.54 Å². The Labute approximate surface area is 176 Å². The standard InChI is InChI=1S/C21H17N7OS/c1-28-18(7-8-23-28)19(29)24-16-4-2-3-13(9-16)20-26-27-21(30-20)25-17-6-5-14-11-22-12-15(14)10-17/h2-10,12H,11H2,1H3,(H,24,29)(H,25,27). The van der Waals surface area contributed by atoms with Gasteiger partial charge in [0.25, 0.3) is 5.91 Å². The molecule has 5 rings (SSSR count). The number of nitrogens with zero attached hydrogens (tertiary/aromatic N) is 5. The highest BCUT2D eigenvalue weighted by molar-refractivity contribution is 7.18. The highest BCUT2D eigenvalue weighted by atomic mass is 32.1. The molecule has 1 aliphatic heterocycles. The number of hydrogen-bond acceptors (Lipinski definition) is 7. The minimum Gasteiger partial charge on any atom is -0.330 e. The largest absolute Gasteiger partial charge is 0.330 e. The van der Waals surface area contributed by atoms with Crippen molar-refractivity contribution in [2.75, 3.05) is 10.6 Å². The van der Waals surface area contributed by atoms with E-state index in [4.69, 9.17) is 0 Å². The van der Waals surface area contributed by atoms with Crippen LogP contribution in [0.1, 0.15) is 21.6 Å². The number of nitrogens with one attached hydrogen (secondary N) is 2. The van der Waals surface area contributed by atoms with Gasteiger partial charge in [-0.2, -0.15) is 5.10 Å². The summed E-state index contributed by atoms with van der Waals surface area (Å²) in [6, 6.07) is 15.4. The van der Waals surface area contributed by atoms with Crippen molar-refractivity contribution >= 4 is 40.0 Å². The van der Waals surface area contributed by atoms with Crippen molar-refractivity contribution < 1.29 is 4.79 Å². The first kappa shape index (κ1) is 18.2. The number of aliphatic imine (C=N–C) groups is 1. The number of rotatable bonds is 5. The van der Waals surface area contributed by atoms with Crippen LogP contribution in [0.4, 0.5) is 16.5 Å². The second kappa shape index (κ2) is 7.53. The summed E-state index contributed by atoms with van der Waals surface area (Å²) in [4.78, 5) is 16.7. The van der Waals surface area contributed by atoms with Gasteiger partial charge in [-0.1, -0.05) is 29.5 Å². The van der Waals surface area contributed by atoms with Crippen LogP contribution >= 0.6 is 11.3 Å². The number of amides is 1. The van der Waals surface area contributed by atoms with E-state index in [1.165, 1.54) is 21.6 Å². The van der Waals surface area contributed by atoms with Crippen LogP contribution in [0.3, 0.4) is 0 Å². The van der Waals surface area contributed by atoms with E-state index in [2.05, 4.69) is 43.1 Å². The fourth-order valence-electron chi connectivity index (χ4n) is 3.21. The van der Waals surface area contributed by atoms with Crippen molar-refractivity contribution in [2.45, 2.75) is 6.54 Å². The fraction of sp³-hybridized carbons (Fsp3) is 0.0952. The van der Waals surface area contributed by atoms with Crippen LogP contribution in [0.25, 0.3) is 10.6 Å². The molecule has 0 aliphatic carbocycles. The molecule has 4 aromatic rings. The molecule has 0 atom stereocenters. The lowest BCUT2D eigenvalue weighted by atomic mass is 10.1. The predicted molar refractivity (Wildman–Crippen MR) is 118 cm³/mol. The Hall–Kier alpha value is -3.85. The molecule has 8 nitrogen and oxygen atoms in total. The van der Waals surface area contributed by atoms with E-state index in [0.717, 1.165) is 28.4 Å². The Kier molecular flexibility index (Phi) is 4.56. The van der Waals surface area contributed by atoms with Crippen LogP contribution < -0.4 is 10.6 Å². The van der Waals surface area contributed by atoms with Gasteiger partial charge in [0.2, 0.25) is 5.13 Å². The Morgan fingerprint density at radius 2 is 2.03 bits per heavy atom. The number of anilines is 3. The van der Waals surface area contributed by atoms with E-state index in [9.17, 15) is 4.79 Å². The molecule has 0 saturated carbocycles. The number of aromatic nitrogens is 4. The highest BCUT2D eigenvalue weighted by Gasteiger charge is 2.13. The first-order valence-electron chi connectivity index (χ1n) is 9.29. The maximum Gasteiger partial charge on any atom is 0.273 e. The molecule has 148 valence electrons. The van der Waals surface area contributed by atoms with Crippen LogP contribution in [-0.2, 0) is 13.6 Å². The lowest BCUT2D eigenvalue weighted by molar-refractivity contribution is 0.101. The summed E-state index contributed by atoms with van der Waals surface area (Å²) in [5, 5.41) is 20.2. The number of hydrogen-bond donors (Lipinski definition) is 2. The Balaban J connectivity index is 1.32. The van der Waals surface area contributed by atoms with Gasteiger partial charge in [0.1, 0.15) is 10.7 Å². The molecule has 2 aromatic heterocycles. The van der Waals surface area contributed by atoms with Gasteiger partial charge < -0.3 is 10.6 Å². The van der Waals surface area contributed by atoms with E-state index in [0.29, 0.717) is 16.5 Å². The van der Waals surface area contributed by atoms with Gasteiger partial charge in [-0.25, -0.2) is 0 Å². The van der Waals surface area contributed by atoms with Crippen molar-refractivity contribution in [3.8, 4) is 10.6 Å². The summed E-state index contributed by atoms with van der Waals surface area (Å²) < 4.78 is 1.53. The summed E-state index contributed by atoms with van der Waals surface area (Å²) in [5.74, 6) is -0.216. The first-order chi connectivity index (χ1) is 14.7. The van der Waals surface area contributed by atoms with Crippen molar-refractivity contribution in [1.82, 2.24) is 20.0 Å². The smallest absolute Gasteiger partial charge is 0.273 e. The van der Waals surface area contributed by atoms with Gasteiger partial charge in [-0.3, -0.25) is 14.5 Å². The van der Waals surface area contributed by atoms with E-state index >= 15 is 0 Å². The minimum atomic E-state index is -0.216. The zero-order chi connectivity index (χ0) is 20.5. The lowest BCUT2D eigenvalue weighted by Gasteiger charge is -2.06. The normalized spacial score (nSPS) is 12.0. The molecule has 0 bridgehead atoms. The van der Waals surface area contributed by atoms with E-state index in [1.54, 1.807) is 19.3 Å². The molecule has 1 amide bonds. The van der Waals surface area contributed by atoms with Crippen molar-refractivity contribution in [3.63, 3.8) is 0 Å². The zero-order valence-corrected chi connectivity index (χ0v) is 16.8. The number of carbonyl (C=O) groups is 1. The Morgan fingerprint density at radius 3 is 2.90 bits per heavy atom. The van der Waals surface area contributed by atoms with Gasteiger partial charge in [0, 0.05) is 36.4 Å². The van der Waals surface area contributed by atoms with Crippen LogP contribution in [0.5, 0.6) is 0 Å². The maximum atomic E-state index is 12.4. The SMILES string of the molecule is Cn1nccc1C(=O)Nc1cccc(-c2nnc(Nc3ccc4c(c3)C=NC4)s2)c1. The molecule has 30 heavy (non-hydrogen) atoms. The summed E-state index contributed by atoms with van der Waals surface area (Å²) in [6.45, 7) is 0.742. The number of carbonyl (C=O) groups excluding carboxylic acids is 1. The molecule has 0 unspecified atom stereocenters. The average molecular weight is 415 g/mol. The maximum absolute atomic E-state index is 12.4. The minimum absolute atomic E-state index is 0.216. The molecule has 2 aromatic carbocycles. The van der Waals surface area contributed by atoms with Gasteiger partial charge in [-0.05, 0) is 41.5 Å². The number of aryl methyl sites for hydroxylation is 1. The predicted octanol–water partition coefficient (Wildman–Crippen LogP) is 3.87. The van der Waals surface area contributed by atoms with Crippen molar-refractivity contribution in [3.05, 3.63) is 71.5 Å². The van der Waals surface area contributed by atoms with Gasteiger partial charge >= 0.3 is 0 Å². The monoisotopic (exact) mass is 415 g/mol. The summed E-state index contributed by atoms with van der Waals surface area (Å²) in [5.41, 5.74) is 5.35. The highest BCUT2D eigenvalue weighted by Crippen LogP contribution is 2.30. The molecule has 9 heteroatoms. The summed E-state index contributed by atoms with van der Waals surface area (Å²) in [6.07, 6.45) is 3.48. The average Bonchev–Trinajstić information content (AvgIpc) is 3.48. The fourth-order valence-corrected chi connectivity index (χ4v) is 3.97. The molecular formula is C21H17N7OS. The molecule has 2 N–H and O–H groups in total. The molecule has 0 saturated heterocycles. The van der Waals surface area contributed by atoms with E-state index in [1.807, 2.05) is 36.5 Å². The second-order valence-corrected chi connectivity index (χ2v) is 7.77. The Bertz CT molecular complexity index is 1270. The van der Waals surface area contributed by atoms with Crippen LogP contribution in [-0.4, -0.2) is 32.1 Å². The quantitative estimate of drug-likeness (QED) is 0.516. The Morgan fingerprint density at radius 1 is 1.10 bits per heavy atom. The van der Waals surface area contributed by atoms with Gasteiger partial charge in [-0.15, -0.1) is 10.2 Å². The molecule has 3 heterocycles. The lowest BCUT2D eigenvalue weighted by Crippen LogP contribution is -2.16. The van der Waals surface area contributed by atoms with Crippen molar-refractivity contribution in [2.24, 2.45) is 12.0 Å². The second-order valence-electron chi connectivity index (χ2n) is 6.80. The van der Waals surface area contributed by atoms with Gasteiger partial charge in [0.15, 0.2) is 0 Å². The van der Waals surface area contributed by atoms with Crippen molar-refractivity contribution in [1.29, 1.82) is 0 Å². The molecular weight excluding hydrogens is 398 g/mol. The van der Waals surface area contributed by atoms with E-state index < -0.39 is 0 Å². The topological polar surface area (TPSA) is 97.1 Å². The summed E-state index contributed by atoms with van der Waals surface area (Å²) in [7, 11) is 1.73. The zero-order valence-electron chi connectivity index (χ0n) is 16.0. The molecule has 1 aliphatic rings. The third-order valence-electron chi connectivity index (χ3n) is 4.74. The number of benzene rings is 2. The first-order valence-corrected chi connectivity index (χ1v) is 10.1. The third-order valence-corrected chi connectivity index (χ3v) is 5.62. The molecule has 0 spiro atoms. The summed E-state index contributed by atoms with van der Waals surface area (Å²) >= 11 is 1.45. The van der Waals surface area contributed by atoms with Crippen LogP contribution in [0, 0.1) is 0 Å². The van der Waals surface area contributed by atoms with Crippen LogP contribution in [0.15, 0.2) is 59.7 Å². The molecule has 0 fully saturated rings. The third kappa shape index (κ3) is 3.58. The van der Waals surface area contributed by atoms with E-state index in [-0.39, 0.29) is 5.91 Å². The molecule has 0 radical (unpaired) electrons. The number of fused-ring (bicyclic) bond motifs is 1. The van der Waals surface area contributed by atoms with Crippen LogP contribution in [0.2, 0.25) is 0 Å².